The first-order valence-corrected chi connectivity index (χ1v) is 3.74. The molecule has 72 valence electrons. The van der Waals surface area contributed by atoms with Gasteiger partial charge in [-0.1, -0.05) is 0 Å². The molecule has 0 aliphatic rings. The van der Waals surface area contributed by atoms with Crippen molar-refractivity contribution in [3.8, 4) is 5.75 Å². The Morgan fingerprint density at radius 3 is 2.71 bits per heavy atom. The molecule has 5 nitrogen and oxygen atoms in total. The van der Waals surface area contributed by atoms with Crippen LogP contribution >= 0.6 is 0 Å². The smallest absolute Gasteiger partial charge is 0.270 e. The Labute approximate surface area is 79.4 Å². The zero-order chi connectivity index (χ0) is 10.6. The number of nitro benzene ring substituents is 1. The zero-order valence-corrected chi connectivity index (χ0v) is 7.08. The van der Waals surface area contributed by atoms with E-state index < -0.39 is 4.92 Å². The molecule has 0 amide bonds. The topological polar surface area (TPSA) is 80.4 Å². The number of hydrogen-bond acceptors (Lipinski definition) is 4. The summed E-state index contributed by atoms with van der Waals surface area (Å²) in [5.41, 5.74) is 0.111. The summed E-state index contributed by atoms with van der Waals surface area (Å²) in [5.74, 6) is -0.103. The van der Waals surface area contributed by atoms with Gasteiger partial charge in [0.25, 0.3) is 5.69 Å². The molecule has 1 N–H and O–H groups in total. The average Bonchev–Trinajstić information content (AvgIpc) is 2.16. The number of phenolic OH excluding ortho intramolecular Hbond substituents is 1. The Balaban J connectivity index is 3.14. The Kier molecular flexibility index (Phi) is 2.96. The molecule has 0 radical (unpaired) electrons. The van der Waals surface area contributed by atoms with E-state index in [2.05, 4.69) is 0 Å². The second-order valence-electron chi connectivity index (χ2n) is 2.50. The summed E-state index contributed by atoms with van der Waals surface area (Å²) in [6.07, 6.45) is 2.98. The molecule has 5 heteroatoms. The fourth-order valence-electron chi connectivity index (χ4n) is 0.932. The molecule has 1 aromatic rings. The van der Waals surface area contributed by atoms with Gasteiger partial charge in [-0.2, -0.15) is 0 Å². The molecular formula is C9H7NO4. The van der Waals surface area contributed by atoms with Crippen molar-refractivity contribution in [3.05, 3.63) is 40.0 Å². The van der Waals surface area contributed by atoms with Crippen LogP contribution in [0.2, 0.25) is 0 Å². The highest BCUT2D eigenvalue weighted by Gasteiger charge is 2.07. The van der Waals surface area contributed by atoms with Crippen LogP contribution in [0.3, 0.4) is 0 Å². The Hall–Kier alpha value is -2.17. The molecule has 0 heterocycles. The molecule has 0 fully saturated rings. The molecule has 0 aromatic heterocycles. The fraction of sp³-hybridized carbons (Fsp3) is 0. The van der Waals surface area contributed by atoms with Gasteiger partial charge in [0.2, 0.25) is 0 Å². The van der Waals surface area contributed by atoms with E-state index in [-0.39, 0.29) is 17.0 Å². The Morgan fingerprint density at radius 2 is 2.14 bits per heavy atom. The van der Waals surface area contributed by atoms with Crippen LogP contribution in [0, 0.1) is 10.1 Å². The van der Waals surface area contributed by atoms with Gasteiger partial charge >= 0.3 is 0 Å². The van der Waals surface area contributed by atoms with Crippen molar-refractivity contribution in [3.63, 3.8) is 0 Å². The number of rotatable bonds is 3. The number of carbonyl (C=O) groups is 1. The third-order valence-corrected chi connectivity index (χ3v) is 1.58. The molecule has 1 rings (SSSR count). The second-order valence-corrected chi connectivity index (χ2v) is 2.50. The van der Waals surface area contributed by atoms with Crippen LogP contribution < -0.4 is 0 Å². The van der Waals surface area contributed by atoms with Gasteiger partial charge in [-0.15, -0.1) is 0 Å². The van der Waals surface area contributed by atoms with Crippen molar-refractivity contribution in [2.45, 2.75) is 0 Å². The highest BCUT2D eigenvalue weighted by molar-refractivity contribution is 5.75. The lowest BCUT2D eigenvalue weighted by atomic mass is 10.1. The highest BCUT2D eigenvalue weighted by atomic mass is 16.6. The normalized spacial score (nSPS) is 10.3. The predicted octanol–water partition coefficient (Wildman–Crippen LogP) is 1.51. The van der Waals surface area contributed by atoms with Gasteiger partial charge in [-0.05, 0) is 18.2 Å². The van der Waals surface area contributed by atoms with E-state index in [0.717, 1.165) is 6.08 Å². The first kappa shape index (κ1) is 9.91. The largest absolute Gasteiger partial charge is 0.507 e. The molecule has 0 unspecified atom stereocenters. The second kappa shape index (κ2) is 4.18. The van der Waals surface area contributed by atoms with E-state index in [1.807, 2.05) is 0 Å². The van der Waals surface area contributed by atoms with Crippen molar-refractivity contribution in [2.24, 2.45) is 0 Å². The van der Waals surface area contributed by atoms with Gasteiger partial charge in [0.05, 0.1) is 4.92 Å². The standard InChI is InChI=1S/C9H7NO4/c11-5-1-2-7-6-8(10(13)14)3-4-9(7)12/h1-6,12H. The van der Waals surface area contributed by atoms with Crippen LogP contribution in [0.25, 0.3) is 6.08 Å². The summed E-state index contributed by atoms with van der Waals surface area (Å²) in [6, 6.07) is 3.59. The Bertz CT molecular complexity index is 398. The van der Waals surface area contributed by atoms with Gasteiger partial charge in [0, 0.05) is 17.7 Å². The molecule has 0 bridgehead atoms. The lowest BCUT2D eigenvalue weighted by Crippen LogP contribution is -1.88. The number of nitrogens with zero attached hydrogens (tertiary/aromatic N) is 1. The van der Waals surface area contributed by atoms with Gasteiger partial charge in [0.1, 0.15) is 12.0 Å². The van der Waals surface area contributed by atoms with E-state index in [1.165, 1.54) is 24.3 Å². The first-order chi connectivity index (χ1) is 6.65. The lowest BCUT2D eigenvalue weighted by molar-refractivity contribution is -0.384. The van der Waals surface area contributed by atoms with Crippen LogP contribution in [0.1, 0.15) is 5.56 Å². The fourth-order valence-corrected chi connectivity index (χ4v) is 0.932. The number of carbonyl (C=O) groups excluding carboxylic acids is 1. The summed E-state index contributed by atoms with van der Waals surface area (Å²) >= 11 is 0. The summed E-state index contributed by atoms with van der Waals surface area (Å²) < 4.78 is 0. The van der Waals surface area contributed by atoms with E-state index in [0.29, 0.717) is 6.29 Å². The number of hydrogen-bond donors (Lipinski definition) is 1. The molecular weight excluding hydrogens is 186 g/mol. The number of nitro groups is 1. The van der Waals surface area contributed by atoms with Gasteiger partial charge in [0.15, 0.2) is 0 Å². The van der Waals surface area contributed by atoms with Crippen molar-refractivity contribution in [1.29, 1.82) is 0 Å². The van der Waals surface area contributed by atoms with Crippen LogP contribution in [0.4, 0.5) is 5.69 Å². The number of non-ortho nitro benzene ring substituents is 1. The molecule has 0 saturated carbocycles. The maximum Gasteiger partial charge on any atom is 0.270 e. The van der Waals surface area contributed by atoms with Gasteiger partial charge in [-0.25, -0.2) is 0 Å². The van der Waals surface area contributed by atoms with E-state index >= 15 is 0 Å². The minimum Gasteiger partial charge on any atom is -0.507 e. The van der Waals surface area contributed by atoms with Crippen LogP contribution in [-0.4, -0.2) is 16.3 Å². The average molecular weight is 193 g/mol. The third kappa shape index (κ3) is 2.16. The quantitative estimate of drug-likeness (QED) is 0.341. The molecule has 0 atom stereocenters. The summed E-state index contributed by atoms with van der Waals surface area (Å²) in [4.78, 5) is 19.8. The number of aromatic hydroxyl groups is 1. The van der Waals surface area contributed by atoms with Crippen molar-refractivity contribution in [2.75, 3.05) is 0 Å². The number of aldehydes is 1. The zero-order valence-electron chi connectivity index (χ0n) is 7.08. The molecule has 0 saturated heterocycles. The molecule has 0 spiro atoms. The Morgan fingerprint density at radius 1 is 1.43 bits per heavy atom. The van der Waals surface area contributed by atoms with Gasteiger partial charge < -0.3 is 5.11 Å². The lowest BCUT2D eigenvalue weighted by Gasteiger charge is -1.97. The molecule has 1 aromatic carbocycles. The third-order valence-electron chi connectivity index (χ3n) is 1.58. The number of phenols is 1. The van der Waals surface area contributed by atoms with Crippen LogP contribution in [-0.2, 0) is 4.79 Å². The number of benzene rings is 1. The summed E-state index contributed by atoms with van der Waals surface area (Å²) in [7, 11) is 0. The van der Waals surface area contributed by atoms with E-state index in [9.17, 15) is 20.0 Å². The van der Waals surface area contributed by atoms with E-state index in [4.69, 9.17) is 0 Å². The maximum atomic E-state index is 10.4. The summed E-state index contributed by atoms with van der Waals surface area (Å²) in [5, 5.41) is 19.6. The maximum absolute atomic E-state index is 10.4. The van der Waals surface area contributed by atoms with Gasteiger partial charge in [-0.3, -0.25) is 14.9 Å². The molecule has 14 heavy (non-hydrogen) atoms. The van der Waals surface area contributed by atoms with Crippen LogP contribution in [0.15, 0.2) is 24.3 Å². The van der Waals surface area contributed by atoms with Crippen LogP contribution in [0.5, 0.6) is 5.75 Å². The minimum absolute atomic E-state index is 0.103. The number of allylic oxidation sites excluding steroid dienone is 1. The minimum atomic E-state index is -0.572. The highest BCUT2D eigenvalue weighted by Crippen LogP contribution is 2.23. The predicted molar refractivity (Wildman–Crippen MR) is 49.9 cm³/mol. The first-order valence-electron chi connectivity index (χ1n) is 3.74. The monoisotopic (exact) mass is 193 g/mol. The van der Waals surface area contributed by atoms with Crippen molar-refractivity contribution >= 4 is 18.0 Å². The SMILES string of the molecule is O=CC=Cc1cc([N+](=O)[O-])ccc1O. The van der Waals surface area contributed by atoms with Crippen molar-refractivity contribution in [1.82, 2.24) is 0 Å². The van der Waals surface area contributed by atoms with E-state index in [1.54, 1.807) is 0 Å². The molecule has 0 aliphatic heterocycles. The summed E-state index contributed by atoms with van der Waals surface area (Å²) in [6.45, 7) is 0. The van der Waals surface area contributed by atoms with Crippen molar-refractivity contribution < 1.29 is 14.8 Å². The molecule has 0 aliphatic carbocycles.